The molecule has 122 valence electrons. The van der Waals surface area contributed by atoms with E-state index in [0.29, 0.717) is 13.0 Å². The number of halogens is 1. The van der Waals surface area contributed by atoms with Crippen LogP contribution in [0.15, 0.2) is 30.3 Å². The van der Waals surface area contributed by atoms with Crippen molar-refractivity contribution in [1.29, 1.82) is 0 Å². The molecule has 1 N–H and O–H groups in total. The third-order valence-corrected chi connectivity index (χ3v) is 5.31. The SMILES string of the molecule is O=C(NCCC1(CS(=O)(=O)Cl)CCC1)OCc1ccccc1. The van der Waals surface area contributed by atoms with Crippen LogP contribution in [0.5, 0.6) is 0 Å². The summed E-state index contributed by atoms with van der Waals surface area (Å²) in [5, 5.41) is 2.66. The van der Waals surface area contributed by atoms with Gasteiger partial charge in [0.05, 0.1) is 5.75 Å². The summed E-state index contributed by atoms with van der Waals surface area (Å²) in [6.45, 7) is 0.605. The van der Waals surface area contributed by atoms with E-state index in [-0.39, 0.29) is 17.8 Å². The Hall–Kier alpha value is -1.27. The molecular weight excluding hydrogens is 326 g/mol. The molecule has 1 aliphatic rings. The lowest BCUT2D eigenvalue weighted by Gasteiger charge is -2.41. The summed E-state index contributed by atoms with van der Waals surface area (Å²) in [4.78, 5) is 11.6. The standard InChI is InChI=1S/C15H20ClNO4S/c16-22(19,20)12-15(7-4-8-15)9-10-17-14(18)21-11-13-5-2-1-3-6-13/h1-3,5-6H,4,7-12H2,(H,17,18). The Kier molecular flexibility index (Phi) is 5.69. The van der Waals surface area contributed by atoms with E-state index in [4.69, 9.17) is 15.4 Å². The molecular formula is C15H20ClNO4S. The Labute approximate surface area is 135 Å². The van der Waals surface area contributed by atoms with Crippen molar-refractivity contribution in [3.63, 3.8) is 0 Å². The minimum absolute atomic E-state index is 0.0255. The van der Waals surface area contributed by atoms with Crippen molar-refractivity contribution >= 4 is 25.8 Å². The zero-order valence-electron chi connectivity index (χ0n) is 12.3. The second kappa shape index (κ2) is 7.33. The monoisotopic (exact) mass is 345 g/mol. The summed E-state index contributed by atoms with van der Waals surface area (Å²) in [5.41, 5.74) is 0.633. The lowest BCUT2D eigenvalue weighted by molar-refractivity contribution is 0.127. The van der Waals surface area contributed by atoms with Crippen molar-refractivity contribution in [3.05, 3.63) is 35.9 Å². The molecule has 22 heavy (non-hydrogen) atoms. The third-order valence-electron chi connectivity index (χ3n) is 4.03. The Morgan fingerprint density at radius 3 is 2.50 bits per heavy atom. The molecule has 0 atom stereocenters. The van der Waals surface area contributed by atoms with Gasteiger partial charge in [-0.25, -0.2) is 13.2 Å². The average Bonchev–Trinajstić information content (AvgIpc) is 2.42. The Balaban J connectivity index is 1.70. The van der Waals surface area contributed by atoms with Gasteiger partial charge >= 0.3 is 6.09 Å². The molecule has 1 fully saturated rings. The van der Waals surface area contributed by atoms with Crippen molar-refractivity contribution in [3.8, 4) is 0 Å². The van der Waals surface area contributed by atoms with Gasteiger partial charge in [0, 0.05) is 17.2 Å². The number of ether oxygens (including phenoxy) is 1. The smallest absolute Gasteiger partial charge is 0.407 e. The van der Waals surface area contributed by atoms with Gasteiger partial charge in [-0.3, -0.25) is 0 Å². The molecule has 7 heteroatoms. The topological polar surface area (TPSA) is 72.5 Å². The number of nitrogens with one attached hydrogen (secondary N) is 1. The highest BCUT2D eigenvalue weighted by Crippen LogP contribution is 2.45. The van der Waals surface area contributed by atoms with Crippen LogP contribution in [-0.4, -0.2) is 26.8 Å². The van der Waals surface area contributed by atoms with E-state index in [0.717, 1.165) is 24.8 Å². The van der Waals surface area contributed by atoms with Gasteiger partial charge in [-0.15, -0.1) is 0 Å². The summed E-state index contributed by atoms with van der Waals surface area (Å²) in [6, 6.07) is 9.41. The molecule has 1 saturated carbocycles. The number of amides is 1. The molecule has 1 aromatic rings. The van der Waals surface area contributed by atoms with E-state index in [1.54, 1.807) is 0 Å². The number of hydrogen-bond donors (Lipinski definition) is 1. The quantitative estimate of drug-likeness (QED) is 0.771. The van der Waals surface area contributed by atoms with Gasteiger partial charge in [-0.1, -0.05) is 36.8 Å². The Morgan fingerprint density at radius 1 is 1.27 bits per heavy atom. The first-order valence-electron chi connectivity index (χ1n) is 7.26. The normalized spacial score (nSPS) is 16.6. The second-order valence-corrected chi connectivity index (χ2v) is 8.55. The number of rotatable bonds is 7. The number of hydrogen-bond acceptors (Lipinski definition) is 4. The summed E-state index contributed by atoms with van der Waals surface area (Å²) in [7, 11) is 1.84. The predicted molar refractivity (Wildman–Crippen MR) is 85.2 cm³/mol. The highest BCUT2D eigenvalue weighted by molar-refractivity contribution is 8.13. The zero-order valence-corrected chi connectivity index (χ0v) is 13.8. The third kappa shape index (κ3) is 5.50. The van der Waals surface area contributed by atoms with E-state index in [2.05, 4.69) is 5.32 Å². The highest BCUT2D eigenvalue weighted by atomic mass is 35.7. The summed E-state index contributed by atoms with van der Waals surface area (Å²) in [6.07, 6.45) is 2.77. The van der Waals surface area contributed by atoms with Crippen LogP contribution >= 0.6 is 10.7 Å². The number of alkyl carbamates (subject to hydrolysis) is 1. The lowest BCUT2D eigenvalue weighted by Crippen LogP contribution is -2.39. The maximum Gasteiger partial charge on any atom is 0.407 e. The van der Waals surface area contributed by atoms with Crippen LogP contribution in [0.3, 0.4) is 0 Å². The minimum Gasteiger partial charge on any atom is -0.445 e. The first-order chi connectivity index (χ1) is 10.4. The van der Waals surface area contributed by atoms with E-state index in [1.807, 2.05) is 30.3 Å². The van der Waals surface area contributed by atoms with Gasteiger partial charge in [-0.2, -0.15) is 0 Å². The molecule has 0 spiro atoms. The van der Waals surface area contributed by atoms with Crippen molar-refractivity contribution < 1.29 is 17.9 Å². The Bertz CT molecular complexity index is 599. The second-order valence-electron chi connectivity index (χ2n) is 5.78. The summed E-state index contributed by atoms with van der Waals surface area (Å²) in [5.74, 6) is -0.0255. The molecule has 1 aromatic carbocycles. The molecule has 0 aromatic heterocycles. The maximum atomic E-state index is 11.6. The van der Waals surface area contributed by atoms with Crippen LogP contribution in [0.4, 0.5) is 4.79 Å². The fraction of sp³-hybridized carbons (Fsp3) is 0.533. The molecule has 0 radical (unpaired) electrons. The minimum atomic E-state index is -3.51. The van der Waals surface area contributed by atoms with Crippen molar-refractivity contribution in [2.24, 2.45) is 5.41 Å². The highest BCUT2D eigenvalue weighted by Gasteiger charge is 2.40. The molecule has 5 nitrogen and oxygen atoms in total. The first kappa shape index (κ1) is 17.1. The molecule has 0 aliphatic heterocycles. The zero-order chi connectivity index (χ0) is 16.1. The molecule has 0 bridgehead atoms. The fourth-order valence-corrected chi connectivity index (χ4v) is 4.57. The molecule has 1 aliphatic carbocycles. The van der Waals surface area contributed by atoms with Gasteiger partial charge < -0.3 is 10.1 Å². The van der Waals surface area contributed by atoms with Gasteiger partial charge in [-0.05, 0) is 30.2 Å². The summed E-state index contributed by atoms with van der Waals surface area (Å²) < 4.78 is 27.6. The van der Waals surface area contributed by atoms with Crippen LogP contribution in [0.1, 0.15) is 31.2 Å². The molecule has 2 rings (SSSR count). The largest absolute Gasteiger partial charge is 0.445 e. The van der Waals surface area contributed by atoms with Crippen molar-refractivity contribution in [2.45, 2.75) is 32.3 Å². The lowest BCUT2D eigenvalue weighted by atomic mass is 9.68. The molecule has 0 heterocycles. The van der Waals surface area contributed by atoms with Crippen LogP contribution in [-0.2, 0) is 20.4 Å². The fourth-order valence-electron chi connectivity index (χ4n) is 2.71. The van der Waals surface area contributed by atoms with Crippen LogP contribution in [0.25, 0.3) is 0 Å². The molecule has 0 unspecified atom stereocenters. The van der Waals surface area contributed by atoms with E-state index in [1.165, 1.54) is 0 Å². The van der Waals surface area contributed by atoms with Crippen LogP contribution in [0.2, 0.25) is 0 Å². The number of benzene rings is 1. The van der Waals surface area contributed by atoms with Gasteiger partial charge in [0.25, 0.3) is 0 Å². The molecule has 0 saturated heterocycles. The molecule has 1 amide bonds. The number of carbonyl (C=O) groups is 1. The van der Waals surface area contributed by atoms with Crippen molar-refractivity contribution in [2.75, 3.05) is 12.3 Å². The van der Waals surface area contributed by atoms with Crippen LogP contribution < -0.4 is 5.32 Å². The predicted octanol–water partition coefficient (Wildman–Crippen LogP) is 3.04. The first-order valence-corrected chi connectivity index (χ1v) is 9.73. The number of carbonyl (C=O) groups excluding carboxylic acids is 1. The van der Waals surface area contributed by atoms with E-state index < -0.39 is 15.1 Å². The van der Waals surface area contributed by atoms with E-state index in [9.17, 15) is 13.2 Å². The maximum absolute atomic E-state index is 11.6. The van der Waals surface area contributed by atoms with Crippen molar-refractivity contribution in [1.82, 2.24) is 5.32 Å². The van der Waals surface area contributed by atoms with E-state index >= 15 is 0 Å². The Morgan fingerprint density at radius 2 is 1.95 bits per heavy atom. The average molecular weight is 346 g/mol. The van der Waals surface area contributed by atoms with Gasteiger partial charge in [0.15, 0.2) is 0 Å². The van der Waals surface area contributed by atoms with Gasteiger partial charge in [0.2, 0.25) is 9.05 Å². The summed E-state index contributed by atoms with van der Waals surface area (Å²) >= 11 is 0. The van der Waals surface area contributed by atoms with Gasteiger partial charge in [0.1, 0.15) is 6.61 Å². The van der Waals surface area contributed by atoms with Crippen LogP contribution in [0, 0.1) is 5.41 Å².